The molecule has 4 nitrogen and oxygen atoms in total. The largest absolute Gasteiger partial charge is 0.507 e. The zero-order valence-corrected chi connectivity index (χ0v) is 7.84. The second-order valence-corrected chi connectivity index (χ2v) is 2.85. The van der Waals surface area contributed by atoms with E-state index in [0.717, 1.165) is 0 Å². The molecule has 0 atom stereocenters. The number of nitriles is 1. The molecule has 0 bridgehead atoms. The maximum absolute atomic E-state index is 10.6. The van der Waals surface area contributed by atoms with Crippen molar-refractivity contribution in [3.8, 4) is 11.8 Å². The molecule has 0 amide bonds. The second-order valence-electron chi connectivity index (χ2n) is 2.85. The average molecular weight is 203 g/mol. The average Bonchev–Trinajstić information content (AvgIpc) is 2.17. The minimum atomic E-state index is -1.17. The molecule has 0 heterocycles. The van der Waals surface area contributed by atoms with Gasteiger partial charge in [-0.05, 0) is 17.7 Å². The first-order valence-corrected chi connectivity index (χ1v) is 4.25. The summed E-state index contributed by atoms with van der Waals surface area (Å²) in [6.45, 7) is 0. The van der Waals surface area contributed by atoms with Crippen LogP contribution in [0.25, 0.3) is 6.08 Å². The number of phenols is 1. The molecule has 0 radical (unpaired) electrons. The maximum atomic E-state index is 10.6. The van der Waals surface area contributed by atoms with Crippen LogP contribution in [0.3, 0.4) is 0 Å². The van der Waals surface area contributed by atoms with Crippen molar-refractivity contribution in [2.24, 2.45) is 0 Å². The number of carbonyl (C=O) groups is 1. The molecular weight excluding hydrogens is 194 g/mol. The van der Waals surface area contributed by atoms with Crippen LogP contribution in [0.1, 0.15) is 22.3 Å². The van der Waals surface area contributed by atoms with Gasteiger partial charge in [0.2, 0.25) is 0 Å². The molecule has 1 rings (SSSR count). The predicted molar refractivity (Wildman–Crippen MR) is 54.3 cm³/mol. The Kier molecular flexibility index (Phi) is 3.47. The predicted octanol–water partition coefficient (Wildman–Crippen LogP) is 2.02. The smallest absolute Gasteiger partial charge is 0.339 e. The number of carboxylic acids is 1. The maximum Gasteiger partial charge on any atom is 0.339 e. The van der Waals surface area contributed by atoms with Crippen LogP contribution in [-0.4, -0.2) is 16.2 Å². The monoisotopic (exact) mass is 203 g/mol. The fourth-order valence-corrected chi connectivity index (χ4v) is 1.08. The van der Waals surface area contributed by atoms with Gasteiger partial charge in [0.05, 0.1) is 12.5 Å². The van der Waals surface area contributed by atoms with E-state index in [1.807, 2.05) is 6.07 Å². The molecule has 0 spiro atoms. The van der Waals surface area contributed by atoms with Gasteiger partial charge in [-0.25, -0.2) is 4.79 Å². The summed E-state index contributed by atoms with van der Waals surface area (Å²) < 4.78 is 0. The van der Waals surface area contributed by atoms with Gasteiger partial charge in [-0.3, -0.25) is 0 Å². The van der Waals surface area contributed by atoms with Gasteiger partial charge >= 0.3 is 5.97 Å². The Balaban J connectivity index is 2.93. The van der Waals surface area contributed by atoms with Crippen molar-refractivity contribution in [1.29, 1.82) is 5.26 Å². The van der Waals surface area contributed by atoms with Crippen molar-refractivity contribution in [3.63, 3.8) is 0 Å². The quantitative estimate of drug-likeness (QED) is 0.787. The number of aromatic hydroxyl groups is 1. The number of allylic oxidation sites excluding steroid dienone is 1. The van der Waals surface area contributed by atoms with Gasteiger partial charge in [0.25, 0.3) is 0 Å². The van der Waals surface area contributed by atoms with Gasteiger partial charge in [-0.1, -0.05) is 18.2 Å². The molecule has 76 valence electrons. The van der Waals surface area contributed by atoms with Crippen molar-refractivity contribution in [3.05, 3.63) is 35.4 Å². The van der Waals surface area contributed by atoms with Crippen LogP contribution >= 0.6 is 0 Å². The number of carboxylic acid groups (broad SMARTS) is 1. The number of benzene rings is 1. The Bertz CT molecular complexity index is 444. The molecule has 4 heteroatoms. The molecule has 0 aromatic heterocycles. The SMILES string of the molecule is N#CCC=Cc1ccc(C(=O)O)c(O)c1. The van der Waals surface area contributed by atoms with Crippen molar-refractivity contribution in [2.45, 2.75) is 6.42 Å². The Morgan fingerprint density at radius 2 is 2.27 bits per heavy atom. The summed E-state index contributed by atoms with van der Waals surface area (Å²) in [5.41, 5.74) is 0.528. The van der Waals surface area contributed by atoms with E-state index in [9.17, 15) is 9.90 Å². The summed E-state index contributed by atoms with van der Waals surface area (Å²) in [5.74, 6) is -1.44. The Morgan fingerprint density at radius 1 is 1.53 bits per heavy atom. The third-order valence-corrected chi connectivity index (χ3v) is 1.77. The molecule has 1 aromatic carbocycles. The third-order valence-electron chi connectivity index (χ3n) is 1.77. The lowest BCUT2D eigenvalue weighted by molar-refractivity contribution is 0.0694. The van der Waals surface area contributed by atoms with E-state index in [1.165, 1.54) is 12.1 Å². The summed E-state index contributed by atoms with van der Waals surface area (Å²) in [7, 11) is 0. The molecule has 0 aliphatic heterocycles. The lowest BCUT2D eigenvalue weighted by Crippen LogP contribution is -1.96. The van der Waals surface area contributed by atoms with E-state index in [2.05, 4.69) is 0 Å². The summed E-state index contributed by atoms with van der Waals surface area (Å²) in [6.07, 6.45) is 3.56. The van der Waals surface area contributed by atoms with Crippen LogP contribution in [0, 0.1) is 11.3 Å². The number of hydrogen-bond donors (Lipinski definition) is 2. The molecule has 0 unspecified atom stereocenters. The topological polar surface area (TPSA) is 81.3 Å². The van der Waals surface area contributed by atoms with Gasteiger partial charge in [0.15, 0.2) is 0 Å². The number of hydrogen-bond acceptors (Lipinski definition) is 3. The molecule has 0 saturated heterocycles. The normalized spacial score (nSPS) is 10.1. The minimum absolute atomic E-state index is 0.132. The molecule has 0 aliphatic carbocycles. The van der Waals surface area contributed by atoms with Crippen LogP contribution in [0.15, 0.2) is 24.3 Å². The summed E-state index contributed by atoms with van der Waals surface area (Å²) in [6, 6.07) is 6.17. The van der Waals surface area contributed by atoms with Crippen LogP contribution < -0.4 is 0 Å². The van der Waals surface area contributed by atoms with Gasteiger partial charge in [-0.15, -0.1) is 0 Å². The van der Waals surface area contributed by atoms with Crippen LogP contribution in [0.4, 0.5) is 0 Å². The van der Waals surface area contributed by atoms with Gasteiger partial charge in [-0.2, -0.15) is 5.26 Å². The van der Waals surface area contributed by atoms with E-state index in [0.29, 0.717) is 5.56 Å². The minimum Gasteiger partial charge on any atom is -0.507 e. The van der Waals surface area contributed by atoms with E-state index in [1.54, 1.807) is 18.2 Å². The second kappa shape index (κ2) is 4.82. The van der Waals surface area contributed by atoms with Gasteiger partial charge in [0, 0.05) is 0 Å². The highest BCUT2D eigenvalue weighted by atomic mass is 16.4. The highest BCUT2D eigenvalue weighted by molar-refractivity contribution is 5.91. The zero-order valence-electron chi connectivity index (χ0n) is 7.84. The van der Waals surface area contributed by atoms with E-state index in [4.69, 9.17) is 10.4 Å². The Labute approximate surface area is 86.7 Å². The first-order chi connectivity index (χ1) is 7.15. The van der Waals surface area contributed by atoms with Crippen molar-refractivity contribution < 1.29 is 15.0 Å². The highest BCUT2D eigenvalue weighted by Gasteiger charge is 2.08. The molecule has 0 saturated carbocycles. The van der Waals surface area contributed by atoms with Crippen molar-refractivity contribution in [2.75, 3.05) is 0 Å². The molecular formula is C11H9NO3. The van der Waals surface area contributed by atoms with Crippen LogP contribution in [0.2, 0.25) is 0 Å². The number of nitrogens with zero attached hydrogens (tertiary/aromatic N) is 1. The van der Waals surface area contributed by atoms with Crippen molar-refractivity contribution >= 4 is 12.0 Å². The van der Waals surface area contributed by atoms with E-state index >= 15 is 0 Å². The Morgan fingerprint density at radius 3 is 2.80 bits per heavy atom. The molecule has 0 aliphatic rings. The summed E-state index contributed by atoms with van der Waals surface area (Å²) >= 11 is 0. The number of aromatic carboxylic acids is 1. The molecule has 0 fully saturated rings. The summed E-state index contributed by atoms with van der Waals surface area (Å²) in [5, 5.41) is 26.3. The molecule has 1 aromatic rings. The fraction of sp³-hybridized carbons (Fsp3) is 0.0909. The molecule has 15 heavy (non-hydrogen) atoms. The standard InChI is InChI=1S/C11H9NO3/c12-6-2-1-3-8-4-5-9(11(14)15)10(13)7-8/h1,3-5,7,13H,2H2,(H,14,15). The van der Waals surface area contributed by atoms with Gasteiger partial charge in [0.1, 0.15) is 11.3 Å². The zero-order chi connectivity index (χ0) is 11.3. The lowest BCUT2D eigenvalue weighted by atomic mass is 10.1. The fourth-order valence-electron chi connectivity index (χ4n) is 1.08. The van der Waals surface area contributed by atoms with Crippen molar-refractivity contribution in [1.82, 2.24) is 0 Å². The van der Waals surface area contributed by atoms with E-state index in [-0.39, 0.29) is 17.7 Å². The first kappa shape index (κ1) is 10.8. The van der Waals surface area contributed by atoms with E-state index < -0.39 is 5.97 Å². The molecule has 2 N–H and O–H groups in total. The lowest BCUT2D eigenvalue weighted by Gasteiger charge is -2.00. The summed E-state index contributed by atoms with van der Waals surface area (Å²) in [4.78, 5) is 10.6. The van der Waals surface area contributed by atoms with Crippen LogP contribution in [-0.2, 0) is 0 Å². The van der Waals surface area contributed by atoms with Gasteiger partial charge < -0.3 is 10.2 Å². The van der Waals surface area contributed by atoms with Crippen LogP contribution in [0.5, 0.6) is 5.75 Å². The first-order valence-electron chi connectivity index (χ1n) is 4.25. The number of rotatable bonds is 3. The third kappa shape index (κ3) is 2.85. The highest BCUT2D eigenvalue weighted by Crippen LogP contribution is 2.19. The Hall–Kier alpha value is -2.28.